The SMILES string of the molecule is CC(=O)Cc1c(F)cc(F)c(CC(=O)c2cc(NC(=O)[C@H]3[C@H](c4cc(Cl)cc(Cl)c4)C3(Cl)Cl)ccc2Cl)c1F. The summed E-state index contributed by atoms with van der Waals surface area (Å²) in [6, 6.07) is 9.10. The van der Waals surface area contributed by atoms with E-state index in [1.165, 1.54) is 24.3 Å². The van der Waals surface area contributed by atoms with E-state index in [0.717, 1.165) is 6.92 Å². The Kier molecular flexibility index (Phi) is 8.60. The van der Waals surface area contributed by atoms with Gasteiger partial charge in [0.1, 0.15) is 27.6 Å². The fraction of sp³-hybridized carbons (Fsp3) is 0.222. The molecule has 0 saturated heterocycles. The van der Waals surface area contributed by atoms with Crippen LogP contribution in [-0.2, 0) is 22.4 Å². The van der Waals surface area contributed by atoms with Gasteiger partial charge in [-0.25, -0.2) is 13.2 Å². The molecule has 0 bridgehead atoms. The fourth-order valence-corrected chi connectivity index (χ4v) is 5.96. The second kappa shape index (κ2) is 11.3. The van der Waals surface area contributed by atoms with Gasteiger partial charge in [0.05, 0.1) is 10.9 Å². The zero-order valence-electron chi connectivity index (χ0n) is 19.9. The molecule has 0 unspecified atom stereocenters. The van der Waals surface area contributed by atoms with E-state index in [-0.39, 0.29) is 16.3 Å². The number of rotatable bonds is 8. The van der Waals surface area contributed by atoms with Crippen LogP contribution in [-0.4, -0.2) is 21.8 Å². The number of hydrogen-bond donors (Lipinski definition) is 1. The number of anilines is 1. The molecule has 204 valence electrons. The summed E-state index contributed by atoms with van der Waals surface area (Å²) < 4.78 is 41.9. The first-order valence-corrected chi connectivity index (χ1v) is 13.2. The molecular formula is C27H17Cl5F3NO3. The van der Waals surface area contributed by atoms with Crippen LogP contribution in [0.2, 0.25) is 15.1 Å². The maximum atomic E-state index is 14.9. The average molecular weight is 638 g/mol. The van der Waals surface area contributed by atoms with Crippen molar-refractivity contribution in [1.29, 1.82) is 0 Å². The lowest BCUT2D eigenvalue weighted by atomic mass is 9.97. The van der Waals surface area contributed by atoms with Gasteiger partial charge in [0.15, 0.2) is 5.78 Å². The van der Waals surface area contributed by atoms with Crippen LogP contribution >= 0.6 is 58.0 Å². The molecule has 1 aliphatic carbocycles. The molecule has 1 saturated carbocycles. The molecule has 0 aliphatic heterocycles. The third kappa shape index (κ3) is 6.23. The first-order chi connectivity index (χ1) is 18.2. The zero-order chi connectivity index (χ0) is 28.8. The van der Waals surface area contributed by atoms with Crippen molar-refractivity contribution in [2.24, 2.45) is 5.92 Å². The first-order valence-electron chi connectivity index (χ1n) is 11.3. The third-order valence-corrected chi connectivity index (χ3v) is 7.94. The quantitative estimate of drug-likeness (QED) is 0.200. The van der Waals surface area contributed by atoms with Crippen molar-refractivity contribution in [3.63, 3.8) is 0 Å². The molecule has 0 aromatic heterocycles. The number of carbonyl (C=O) groups is 3. The van der Waals surface area contributed by atoms with Crippen molar-refractivity contribution in [3.8, 4) is 0 Å². The smallest absolute Gasteiger partial charge is 0.231 e. The molecule has 1 amide bonds. The first kappa shape index (κ1) is 29.7. The molecule has 3 aromatic carbocycles. The number of Topliss-reactive ketones (excluding diaryl/α,β-unsaturated/α-hetero) is 2. The van der Waals surface area contributed by atoms with Gasteiger partial charge in [-0.2, -0.15) is 0 Å². The molecule has 0 radical (unpaired) electrons. The molecular weight excluding hydrogens is 621 g/mol. The number of hydrogen-bond acceptors (Lipinski definition) is 3. The van der Waals surface area contributed by atoms with Crippen LogP contribution in [0.5, 0.6) is 0 Å². The number of nitrogens with one attached hydrogen (secondary N) is 1. The van der Waals surface area contributed by atoms with Gasteiger partial charge in [-0.05, 0) is 48.9 Å². The largest absolute Gasteiger partial charge is 0.326 e. The van der Waals surface area contributed by atoms with E-state index >= 15 is 0 Å². The van der Waals surface area contributed by atoms with Crippen molar-refractivity contribution >= 4 is 81.2 Å². The minimum absolute atomic E-state index is 0.0493. The Morgan fingerprint density at radius 2 is 1.46 bits per heavy atom. The van der Waals surface area contributed by atoms with Crippen LogP contribution < -0.4 is 5.32 Å². The highest BCUT2D eigenvalue weighted by Crippen LogP contribution is 2.65. The number of halogens is 8. The van der Waals surface area contributed by atoms with Crippen molar-refractivity contribution < 1.29 is 27.6 Å². The monoisotopic (exact) mass is 635 g/mol. The molecule has 3 aromatic rings. The maximum absolute atomic E-state index is 14.9. The van der Waals surface area contributed by atoms with E-state index in [4.69, 9.17) is 58.0 Å². The molecule has 4 nitrogen and oxygen atoms in total. The fourth-order valence-electron chi connectivity index (χ4n) is 4.37. The van der Waals surface area contributed by atoms with Gasteiger partial charge in [0.25, 0.3) is 0 Å². The second-order valence-electron chi connectivity index (χ2n) is 9.11. The number of benzene rings is 3. The lowest BCUT2D eigenvalue weighted by Gasteiger charge is -2.12. The van der Waals surface area contributed by atoms with Gasteiger partial charge in [0.2, 0.25) is 5.91 Å². The predicted octanol–water partition coefficient (Wildman–Crippen LogP) is 8.15. The van der Waals surface area contributed by atoms with Crippen LogP contribution in [0.3, 0.4) is 0 Å². The minimum atomic E-state index is -1.45. The van der Waals surface area contributed by atoms with Gasteiger partial charge >= 0.3 is 0 Å². The van der Waals surface area contributed by atoms with E-state index in [9.17, 15) is 27.6 Å². The summed E-state index contributed by atoms with van der Waals surface area (Å²) in [5.41, 5.74) is -0.786. The molecule has 4 rings (SSSR count). The second-order valence-corrected chi connectivity index (χ2v) is 11.8. The zero-order valence-corrected chi connectivity index (χ0v) is 23.6. The van der Waals surface area contributed by atoms with Gasteiger partial charge in [-0.3, -0.25) is 14.4 Å². The van der Waals surface area contributed by atoms with E-state index < -0.39 is 75.1 Å². The predicted molar refractivity (Wildman–Crippen MR) is 146 cm³/mol. The number of amides is 1. The van der Waals surface area contributed by atoms with Crippen LogP contribution in [0, 0.1) is 23.4 Å². The van der Waals surface area contributed by atoms with Crippen molar-refractivity contribution in [2.75, 3.05) is 5.32 Å². The molecule has 1 N–H and O–H groups in total. The molecule has 12 heteroatoms. The van der Waals surface area contributed by atoms with Gasteiger partial charge in [-0.15, -0.1) is 23.2 Å². The van der Waals surface area contributed by atoms with Gasteiger partial charge in [0, 0.05) is 57.2 Å². The standard InChI is InChI=1S/C27H17Cl5F3NO3/c1-11(37)4-17-20(33)10-21(34)18(25(17)35)9-22(38)16-8-15(2-3-19(16)30)36-26(39)24-23(27(24,31)32)12-5-13(28)7-14(29)6-12/h2-3,5-8,10,23-24H,4,9H2,1H3,(H,36,39)/t23-,24+/m0/s1. The van der Waals surface area contributed by atoms with Crippen molar-refractivity contribution in [1.82, 2.24) is 0 Å². The Morgan fingerprint density at radius 1 is 0.872 bits per heavy atom. The Bertz CT molecular complexity index is 1510. The molecule has 1 aliphatic rings. The molecule has 2 atom stereocenters. The highest BCUT2D eigenvalue weighted by molar-refractivity contribution is 6.53. The summed E-state index contributed by atoms with van der Waals surface area (Å²) in [4.78, 5) is 37.4. The summed E-state index contributed by atoms with van der Waals surface area (Å²) in [6.45, 7) is 1.12. The summed E-state index contributed by atoms with van der Waals surface area (Å²) in [6.07, 6.45) is -1.42. The molecule has 1 fully saturated rings. The topological polar surface area (TPSA) is 63.2 Å². The third-order valence-electron chi connectivity index (χ3n) is 6.24. The summed E-state index contributed by atoms with van der Waals surface area (Å²) in [7, 11) is 0. The van der Waals surface area contributed by atoms with Gasteiger partial charge in [-0.1, -0.05) is 34.8 Å². The highest BCUT2D eigenvalue weighted by Gasteiger charge is 2.67. The van der Waals surface area contributed by atoms with Crippen molar-refractivity contribution in [3.05, 3.63) is 97.2 Å². The Hall–Kier alpha value is -2.29. The van der Waals surface area contributed by atoms with E-state index in [1.54, 1.807) is 12.1 Å². The van der Waals surface area contributed by atoms with Crippen LogP contribution in [0.1, 0.15) is 39.9 Å². The number of alkyl halides is 2. The highest BCUT2D eigenvalue weighted by atomic mass is 35.5. The summed E-state index contributed by atoms with van der Waals surface area (Å²) in [5, 5.41) is 3.25. The average Bonchev–Trinajstić information content (AvgIpc) is 3.41. The summed E-state index contributed by atoms with van der Waals surface area (Å²) in [5.74, 6) is -7.25. The maximum Gasteiger partial charge on any atom is 0.231 e. The minimum Gasteiger partial charge on any atom is -0.326 e. The Balaban J connectivity index is 1.55. The number of carbonyl (C=O) groups excluding carboxylic acids is 3. The van der Waals surface area contributed by atoms with Crippen molar-refractivity contribution in [2.45, 2.75) is 30.0 Å². The van der Waals surface area contributed by atoms with Crippen LogP contribution in [0.15, 0.2) is 42.5 Å². The van der Waals surface area contributed by atoms with Gasteiger partial charge < -0.3 is 5.32 Å². The molecule has 39 heavy (non-hydrogen) atoms. The number of ketones is 2. The Morgan fingerprint density at radius 3 is 2.05 bits per heavy atom. The van der Waals surface area contributed by atoms with Crippen LogP contribution in [0.4, 0.5) is 18.9 Å². The van der Waals surface area contributed by atoms with E-state index in [2.05, 4.69) is 5.32 Å². The molecule has 0 spiro atoms. The van der Waals surface area contributed by atoms with Crippen LogP contribution in [0.25, 0.3) is 0 Å². The lowest BCUT2D eigenvalue weighted by molar-refractivity contribution is -0.117. The lowest BCUT2D eigenvalue weighted by Crippen LogP contribution is -2.18. The van der Waals surface area contributed by atoms with E-state index in [0.29, 0.717) is 21.7 Å². The molecule has 0 heterocycles. The normalized spacial score (nSPS) is 17.6. The Labute approximate surface area is 246 Å². The summed E-state index contributed by atoms with van der Waals surface area (Å²) >= 11 is 31.0. The van der Waals surface area contributed by atoms with E-state index in [1.807, 2.05) is 0 Å².